The zero-order valence-electron chi connectivity index (χ0n) is 19.9. The van der Waals surface area contributed by atoms with Crippen LogP contribution in [0.3, 0.4) is 0 Å². The third kappa shape index (κ3) is 4.90. The summed E-state index contributed by atoms with van der Waals surface area (Å²) in [5.41, 5.74) is 7.08. The summed E-state index contributed by atoms with van der Waals surface area (Å²) in [6.07, 6.45) is 1.22. The Morgan fingerprint density at radius 2 is 1.80 bits per heavy atom. The Hall–Kier alpha value is -2.98. The highest BCUT2D eigenvalue weighted by atomic mass is 32.2. The van der Waals surface area contributed by atoms with Gasteiger partial charge in [0.15, 0.2) is 0 Å². The molecule has 0 aliphatic carbocycles. The fourth-order valence-corrected chi connectivity index (χ4v) is 7.37. The van der Waals surface area contributed by atoms with Gasteiger partial charge in [-0.3, -0.25) is 9.59 Å². The van der Waals surface area contributed by atoms with Crippen molar-refractivity contribution >= 4 is 27.5 Å². The molecule has 2 aliphatic heterocycles. The van der Waals surface area contributed by atoms with Crippen molar-refractivity contribution in [3.63, 3.8) is 0 Å². The number of hydrogen-bond acceptors (Lipinski definition) is 5. The molecule has 2 N–H and O–H groups in total. The van der Waals surface area contributed by atoms with E-state index in [9.17, 15) is 18.0 Å². The number of rotatable bonds is 5. The number of nitrogens with zero attached hydrogens (tertiary/aromatic N) is 3. The average Bonchev–Trinajstić information content (AvgIpc) is 2.83. The van der Waals surface area contributed by atoms with Gasteiger partial charge in [0.2, 0.25) is 21.8 Å². The van der Waals surface area contributed by atoms with Gasteiger partial charge in [-0.25, -0.2) is 12.8 Å². The van der Waals surface area contributed by atoms with Crippen LogP contribution in [0, 0.1) is 5.82 Å². The maximum atomic E-state index is 15.3. The highest BCUT2D eigenvalue weighted by Gasteiger charge is 2.40. The maximum Gasteiger partial charge on any atom is 0.242 e. The first-order valence-corrected chi connectivity index (χ1v) is 13.3. The van der Waals surface area contributed by atoms with Crippen molar-refractivity contribution in [1.29, 1.82) is 0 Å². The summed E-state index contributed by atoms with van der Waals surface area (Å²) in [7, 11) is -3.68. The first-order valence-electron chi connectivity index (χ1n) is 11.8. The number of piperazine rings is 1. The average molecular weight is 503 g/mol. The molecule has 2 heterocycles. The largest absolute Gasteiger partial charge is 0.368 e. The van der Waals surface area contributed by atoms with Crippen molar-refractivity contribution in [3.05, 3.63) is 65.5 Å². The molecule has 35 heavy (non-hydrogen) atoms. The number of halogens is 1. The number of primary amides is 1. The van der Waals surface area contributed by atoms with Gasteiger partial charge in [0, 0.05) is 50.4 Å². The van der Waals surface area contributed by atoms with Gasteiger partial charge in [0.05, 0.1) is 0 Å². The minimum atomic E-state index is -3.68. The Kier molecular flexibility index (Phi) is 7.14. The quantitative estimate of drug-likeness (QED) is 0.677. The summed E-state index contributed by atoms with van der Waals surface area (Å²) in [5.74, 6) is -1.36. The monoisotopic (exact) mass is 502 g/mol. The predicted octanol–water partition coefficient (Wildman–Crippen LogP) is 2.58. The minimum absolute atomic E-state index is 0.169. The molecule has 0 aromatic heterocycles. The molecule has 0 spiro atoms. The fourth-order valence-electron chi connectivity index (χ4n) is 5.14. The van der Waals surface area contributed by atoms with Crippen LogP contribution in [0.5, 0.6) is 0 Å². The van der Waals surface area contributed by atoms with Crippen LogP contribution < -0.4 is 10.6 Å². The minimum Gasteiger partial charge on any atom is -0.368 e. The lowest BCUT2D eigenvalue weighted by Crippen LogP contribution is -2.59. The summed E-state index contributed by atoms with van der Waals surface area (Å²) in [6, 6.07) is 12.4. The van der Waals surface area contributed by atoms with E-state index in [1.165, 1.54) is 22.2 Å². The van der Waals surface area contributed by atoms with Crippen LogP contribution in [0.2, 0.25) is 0 Å². The van der Waals surface area contributed by atoms with Crippen LogP contribution in [-0.4, -0.2) is 61.7 Å². The maximum absolute atomic E-state index is 15.3. The third-order valence-electron chi connectivity index (χ3n) is 7.05. The molecule has 0 saturated carbocycles. The molecule has 2 unspecified atom stereocenters. The molecule has 2 aromatic rings. The van der Waals surface area contributed by atoms with Crippen LogP contribution in [0.1, 0.15) is 49.1 Å². The van der Waals surface area contributed by atoms with Gasteiger partial charge in [0.25, 0.3) is 0 Å². The zero-order chi connectivity index (χ0) is 25.3. The lowest BCUT2D eigenvalue weighted by Gasteiger charge is -2.40. The molecular formula is C25H31FN4O4S. The van der Waals surface area contributed by atoms with Crippen LogP contribution >= 0.6 is 0 Å². The summed E-state index contributed by atoms with van der Waals surface area (Å²) < 4.78 is 43.7. The number of amides is 2. The lowest BCUT2D eigenvalue weighted by molar-refractivity contribution is -0.138. The van der Waals surface area contributed by atoms with Crippen LogP contribution in [-0.2, 0) is 19.6 Å². The molecule has 2 saturated heterocycles. The number of nitrogens with two attached hydrogens (primary N) is 1. The van der Waals surface area contributed by atoms with Gasteiger partial charge in [0.1, 0.15) is 17.1 Å². The molecule has 2 fully saturated rings. The summed E-state index contributed by atoms with van der Waals surface area (Å²) in [5, 5.41) is -0.648. The number of benzene rings is 2. The Balaban J connectivity index is 1.56. The smallest absolute Gasteiger partial charge is 0.242 e. The van der Waals surface area contributed by atoms with Crippen molar-refractivity contribution in [2.24, 2.45) is 5.73 Å². The van der Waals surface area contributed by atoms with Crippen molar-refractivity contribution in [1.82, 2.24) is 9.21 Å². The highest BCUT2D eigenvalue weighted by molar-refractivity contribution is 7.89. The molecule has 2 aliphatic rings. The second kappa shape index (κ2) is 9.94. The van der Waals surface area contributed by atoms with E-state index in [1.54, 1.807) is 19.1 Å². The van der Waals surface area contributed by atoms with Crippen molar-refractivity contribution in [2.75, 3.05) is 31.1 Å². The Labute approximate surface area is 205 Å². The molecule has 4 rings (SSSR count). The van der Waals surface area contributed by atoms with Crippen molar-refractivity contribution < 1.29 is 22.4 Å². The van der Waals surface area contributed by atoms with E-state index in [4.69, 9.17) is 5.73 Å². The number of hydrogen-bond donors (Lipinski definition) is 1. The molecule has 0 bridgehead atoms. The van der Waals surface area contributed by atoms with Gasteiger partial charge >= 0.3 is 0 Å². The van der Waals surface area contributed by atoms with Crippen LogP contribution in [0.15, 0.2) is 48.5 Å². The van der Waals surface area contributed by atoms with Gasteiger partial charge in [-0.1, -0.05) is 36.4 Å². The molecule has 10 heteroatoms. The molecule has 0 radical (unpaired) electrons. The molecule has 2 amide bonds. The summed E-state index contributed by atoms with van der Waals surface area (Å²) in [4.78, 5) is 27.0. The predicted molar refractivity (Wildman–Crippen MR) is 131 cm³/mol. The van der Waals surface area contributed by atoms with Crippen molar-refractivity contribution in [2.45, 2.75) is 44.0 Å². The van der Waals surface area contributed by atoms with Gasteiger partial charge in [-0.05, 0) is 37.5 Å². The number of anilines is 1. The van der Waals surface area contributed by atoms with Gasteiger partial charge in [-0.2, -0.15) is 4.31 Å². The number of sulfonamides is 1. The number of carbonyl (C=O) groups is 2. The Morgan fingerprint density at radius 1 is 1.09 bits per heavy atom. The van der Waals surface area contributed by atoms with E-state index in [1.807, 2.05) is 35.2 Å². The fraction of sp³-hybridized carbons (Fsp3) is 0.440. The topological polar surface area (TPSA) is 104 Å². The summed E-state index contributed by atoms with van der Waals surface area (Å²) in [6.45, 7) is 4.33. The Morgan fingerprint density at radius 3 is 2.43 bits per heavy atom. The molecule has 8 nitrogen and oxygen atoms in total. The molecular weight excluding hydrogens is 471 g/mol. The first-order chi connectivity index (χ1) is 16.6. The standard InChI is InChI=1S/C25H31FN4O4S/c1-17(30-12-6-9-24(35(30,33)34)19-7-4-3-5-8-19)21-11-10-20(15-22(21)26)28-13-14-29(18(2)31)23(16-28)25(27)32/h3-5,7-8,10-11,15,17,23-24H,6,9,12-14,16H2,1-2H3,(H2,27,32)/t17?,23-,24?/m0/s1. The van der Waals surface area contributed by atoms with Gasteiger partial charge < -0.3 is 15.5 Å². The molecule has 2 aromatic carbocycles. The third-order valence-corrected chi connectivity index (χ3v) is 9.43. The van der Waals surface area contributed by atoms with E-state index in [0.29, 0.717) is 43.7 Å². The zero-order valence-corrected chi connectivity index (χ0v) is 20.7. The van der Waals surface area contributed by atoms with E-state index in [-0.39, 0.29) is 12.5 Å². The van der Waals surface area contributed by atoms with Crippen molar-refractivity contribution in [3.8, 4) is 0 Å². The first kappa shape index (κ1) is 25.1. The number of carbonyl (C=O) groups excluding carboxylic acids is 2. The lowest BCUT2D eigenvalue weighted by atomic mass is 10.0. The van der Waals surface area contributed by atoms with E-state index in [2.05, 4.69) is 0 Å². The highest BCUT2D eigenvalue weighted by Crippen LogP contribution is 2.39. The SMILES string of the molecule is CC(=O)N1CCN(c2ccc(C(C)N3CCCC(c4ccccc4)S3(=O)=O)c(F)c2)C[C@H]1C(N)=O. The second-order valence-corrected chi connectivity index (χ2v) is 11.2. The van der Waals surface area contributed by atoms with E-state index < -0.39 is 39.1 Å². The molecule has 188 valence electrons. The summed E-state index contributed by atoms with van der Waals surface area (Å²) >= 11 is 0. The van der Waals surface area contributed by atoms with E-state index in [0.717, 1.165) is 5.56 Å². The van der Waals surface area contributed by atoms with Crippen LogP contribution in [0.4, 0.5) is 10.1 Å². The second-order valence-electron chi connectivity index (χ2n) is 9.16. The van der Waals surface area contributed by atoms with Crippen LogP contribution in [0.25, 0.3) is 0 Å². The Bertz CT molecular complexity index is 1210. The van der Waals surface area contributed by atoms with E-state index >= 15 is 4.39 Å². The molecule has 3 atom stereocenters. The normalized spacial score (nSPS) is 23.6. The van der Waals surface area contributed by atoms with Gasteiger partial charge in [-0.15, -0.1) is 0 Å².